The highest BCUT2D eigenvalue weighted by atomic mass is 16.1. The number of nitrogens with zero attached hydrogens (tertiary/aromatic N) is 2. The second-order valence-corrected chi connectivity index (χ2v) is 8.34. The van der Waals surface area contributed by atoms with Gasteiger partial charge in [0.1, 0.15) is 5.69 Å². The van der Waals surface area contributed by atoms with Crippen LogP contribution < -0.4 is 11.3 Å². The molecule has 0 fully saturated rings. The standard InChI is InChI=1S/C28H22N4O/c29-15-18-6-5-7-19(12-18)16-32-17-23(22-10-3-4-11-26(22)32)27-28(33)31-25-14-21-9-2-1-8-20(21)13-24(25)30-27/h1-14,17H,15-16,29H2,(H,31,33). The molecule has 0 saturated heterocycles. The zero-order valence-corrected chi connectivity index (χ0v) is 18.0. The van der Waals surface area contributed by atoms with Gasteiger partial charge in [-0.1, -0.05) is 66.7 Å². The predicted octanol–water partition coefficient (Wildman–Crippen LogP) is 5.21. The average Bonchev–Trinajstić information content (AvgIpc) is 3.20. The van der Waals surface area contributed by atoms with Crippen LogP contribution in [0.3, 0.4) is 0 Å². The highest BCUT2D eigenvalue weighted by Gasteiger charge is 2.16. The number of rotatable bonds is 4. The van der Waals surface area contributed by atoms with Gasteiger partial charge in [0.2, 0.25) is 0 Å². The molecule has 0 aliphatic rings. The van der Waals surface area contributed by atoms with Crippen molar-refractivity contribution in [3.8, 4) is 11.3 Å². The molecule has 2 heterocycles. The fourth-order valence-corrected chi connectivity index (χ4v) is 4.57. The molecule has 160 valence electrons. The van der Waals surface area contributed by atoms with Gasteiger partial charge in [-0.2, -0.15) is 0 Å². The zero-order chi connectivity index (χ0) is 22.4. The maximum Gasteiger partial charge on any atom is 0.275 e. The van der Waals surface area contributed by atoms with E-state index in [1.165, 1.54) is 0 Å². The first-order valence-electron chi connectivity index (χ1n) is 11.0. The van der Waals surface area contributed by atoms with E-state index in [4.69, 9.17) is 10.7 Å². The van der Waals surface area contributed by atoms with E-state index in [1.807, 2.05) is 66.9 Å². The van der Waals surface area contributed by atoms with E-state index in [-0.39, 0.29) is 5.56 Å². The summed E-state index contributed by atoms with van der Waals surface area (Å²) in [5, 5.41) is 3.18. The van der Waals surface area contributed by atoms with Crippen molar-refractivity contribution >= 4 is 32.7 Å². The van der Waals surface area contributed by atoms with E-state index in [9.17, 15) is 4.79 Å². The van der Waals surface area contributed by atoms with Crippen molar-refractivity contribution in [3.05, 3.63) is 113 Å². The number of hydrogen-bond acceptors (Lipinski definition) is 3. The molecule has 5 nitrogen and oxygen atoms in total. The summed E-state index contributed by atoms with van der Waals surface area (Å²) in [6.45, 7) is 1.20. The molecule has 0 saturated carbocycles. The number of H-pyrrole nitrogens is 1. The Hall–Kier alpha value is -4.22. The van der Waals surface area contributed by atoms with E-state index in [0.29, 0.717) is 18.8 Å². The average molecular weight is 431 g/mol. The number of para-hydroxylation sites is 1. The van der Waals surface area contributed by atoms with E-state index in [1.54, 1.807) is 0 Å². The van der Waals surface area contributed by atoms with Gasteiger partial charge < -0.3 is 15.3 Å². The summed E-state index contributed by atoms with van der Waals surface area (Å²) >= 11 is 0. The topological polar surface area (TPSA) is 76.7 Å². The molecule has 0 spiro atoms. The molecule has 33 heavy (non-hydrogen) atoms. The minimum atomic E-state index is -0.189. The Morgan fingerprint density at radius 2 is 1.61 bits per heavy atom. The zero-order valence-electron chi connectivity index (χ0n) is 18.0. The maximum atomic E-state index is 13.1. The molecular formula is C28H22N4O. The Balaban J connectivity index is 1.53. The lowest BCUT2D eigenvalue weighted by Gasteiger charge is -2.07. The smallest absolute Gasteiger partial charge is 0.275 e. The SMILES string of the molecule is NCc1cccc(Cn2cc(-c3nc4cc5ccccc5cc4[nH]c3=O)c3ccccc32)c1. The number of fused-ring (bicyclic) bond motifs is 3. The Kier molecular flexibility index (Phi) is 4.56. The fraction of sp³-hybridized carbons (Fsp3) is 0.0714. The van der Waals surface area contributed by atoms with Gasteiger partial charge in [-0.3, -0.25) is 4.79 Å². The van der Waals surface area contributed by atoms with Gasteiger partial charge in [0.05, 0.1) is 11.0 Å². The van der Waals surface area contributed by atoms with Crippen LogP contribution in [0.5, 0.6) is 0 Å². The van der Waals surface area contributed by atoms with Crippen LogP contribution in [-0.2, 0) is 13.1 Å². The van der Waals surface area contributed by atoms with Crippen molar-refractivity contribution in [2.75, 3.05) is 0 Å². The monoisotopic (exact) mass is 430 g/mol. The van der Waals surface area contributed by atoms with Gasteiger partial charge in [0.15, 0.2) is 0 Å². The largest absolute Gasteiger partial charge is 0.342 e. The molecule has 6 aromatic rings. The Morgan fingerprint density at radius 1 is 0.848 bits per heavy atom. The highest BCUT2D eigenvalue weighted by Crippen LogP contribution is 2.30. The summed E-state index contributed by atoms with van der Waals surface area (Å²) in [5.74, 6) is 0. The number of aromatic nitrogens is 3. The Bertz CT molecular complexity index is 1710. The summed E-state index contributed by atoms with van der Waals surface area (Å²) in [7, 11) is 0. The predicted molar refractivity (Wildman–Crippen MR) is 134 cm³/mol. The number of nitrogens with two attached hydrogens (primary N) is 1. The normalized spacial score (nSPS) is 11.5. The van der Waals surface area contributed by atoms with Crippen molar-refractivity contribution in [2.45, 2.75) is 13.1 Å². The van der Waals surface area contributed by atoms with Gasteiger partial charge in [-0.15, -0.1) is 0 Å². The van der Waals surface area contributed by atoms with Crippen LogP contribution in [0.1, 0.15) is 11.1 Å². The molecule has 2 aromatic heterocycles. The number of nitrogens with one attached hydrogen (secondary N) is 1. The lowest BCUT2D eigenvalue weighted by Crippen LogP contribution is -2.11. The van der Waals surface area contributed by atoms with Gasteiger partial charge in [0.25, 0.3) is 5.56 Å². The minimum Gasteiger partial charge on any atom is -0.342 e. The van der Waals surface area contributed by atoms with Crippen LogP contribution in [-0.4, -0.2) is 14.5 Å². The van der Waals surface area contributed by atoms with Crippen LogP contribution in [0.15, 0.2) is 95.9 Å². The lowest BCUT2D eigenvalue weighted by molar-refractivity contribution is 0.834. The van der Waals surface area contributed by atoms with Crippen molar-refractivity contribution in [2.24, 2.45) is 5.73 Å². The Morgan fingerprint density at radius 3 is 2.45 bits per heavy atom. The number of aromatic amines is 1. The van der Waals surface area contributed by atoms with E-state index < -0.39 is 0 Å². The van der Waals surface area contributed by atoms with Crippen LogP contribution in [0.4, 0.5) is 0 Å². The molecule has 0 aliphatic heterocycles. The van der Waals surface area contributed by atoms with Crippen molar-refractivity contribution < 1.29 is 0 Å². The molecule has 4 aromatic carbocycles. The molecule has 0 radical (unpaired) electrons. The first-order valence-corrected chi connectivity index (χ1v) is 11.0. The van der Waals surface area contributed by atoms with Crippen molar-refractivity contribution in [1.29, 1.82) is 0 Å². The van der Waals surface area contributed by atoms with Crippen LogP contribution >= 0.6 is 0 Å². The molecule has 0 unspecified atom stereocenters. The third kappa shape index (κ3) is 3.39. The summed E-state index contributed by atoms with van der Waals surface area (Å²) in [4.78, 5) is 21.0. The van der Waals surface area contributed by atoms with E-state index in [0.717, 1.165) is 49.4 Å². The minimum absolute atomic E-state index is 0.189. The molecule has 6 rings (SSSR count). The highest BCUT2D eigenvalue weighted by molar-refractivity contribution is 5.98. The van der Waals surface area contributed by atoms with Crippen molar-refractivity contribution in [3.63, 3.8) is 0 Å². The first-order chi connectivity index (χ1) is 16.2. The van der Waals surface area contributed by atoms with E-state index in [2.05, 4.69) is 33.8 Å². The maximum absolute atomic E-state index is 13.1. The summed E-state index contributed by atoms with van der Waals surface area (Å²) in [6, 6.07) is 28.5. The van der Waals surface area contributed by atoms with Crippen LogP contribution in [0.25, 0.3) is 44.0 Å². The van der Waals surface area contributed by atoms with Gasteiger partial charge in [-0.05, 0) is 40.1 Å². The number of hydrogen-bond donors (Lipinski definition) is 2. The first kappa shape index (κ1) is 19.5. The third-order valence-corrected chi connectivity index (χ3v) is 6.18. The third-order valence-electron chi connectivity index (χ3n) is 6.18. The van der Waals surface area contributed by atoms with Crippen LogP contribution in [0, 0.1) is 0 Å². The van der Waals surface area contributed by atoms with Gasteiger partial charge in [-0.25, -0.2) is 4.98 Å². The molecule has 0 aliphatic carbocycles. The summed E-state index contributed by atoms with van der Waals surface area (Å²) in [6.07, 6.45) is 2.03. The number of benzene rings is 4. The molecule has 0 atom stereocenters. The van der Waals surface area contributed by atoms with Gasteiger partial charge >= 0.3 is 0 Å². The summed E-state index contributed by atoms with van der Waals surface area (Å²) in [5.41, 5.74) is 11.7. The fourth-order valence-electron chi connectivity index (χ4n) is 4.57. The Labute approximate surface area is 190 Å². The molecule has 0 amide bonds. The van der Waals surface area contributed by atoms with E-state index >= 15 is 0 Å². The molecular weight excluding hydrogens is 408 g/mol. The van der Waals surface area contributed by atoms with Crippen LogP contribution in [0.2, 0.25) is 0 Å². The molecule has 5 heteroatoms. The lowest BCUT2D eigenvalue weighted by atomic mass is 10.1. The summed E-state index contributed by atoms with van der Waals surface area (Å²) < 4.78 is 2.17. The second kappa shape index (κ2) is 7.73. The quantitative estimate of drug-likeness (QED) is 0.377. The molecule has 3 N–H and O–H groups in total. The second-order valence-electron chi connectivity index (χ2n) is 8.34. The molecule has 0 bridgehead atoms. The van der Waals surface area contributed by atoms with Gasteiger partial charge in [0, 0.05) is 35.8 Å². The van der Waals surface area contributed by atoms with Crippen molar-refractivity contribution in [1.82, 2.24) is 14.5 Å².